The van der Waals surface area contributed by atoms with E-state index in [9.17, 15) is 9.59 Å². The Balaban J connectivity index is 1.38. The number of carbonyl (C=O) groups is 2. The SMILES string of the molecule is O=C(CNC(=O)c1ccccc1I)NC1CCN(Cc2ccccn2)CC1. The van der Waals surface area contributed by atoms with Crippen LogP contribution in [-0.4, -0.2) is 47.4 Å². The van der Waals surface area contributed by atoms with E-state index in [-0.39, 0.29) is 24.4 Å². The summed E-state index contributed by atoms with van der Waals surface area (Å²) in [6.45, 7) is 2.69. The van der Waals surface area contributed by atoms with E-state index >= 15 is 0 Å². The highest BCUT2D eigenvalue weighted by Crippen LogP contribution is 2.13. The topological polar surface area (TPSA) is 74.3 Å². The largest absolute Gasteiger partial charge is 0.352 e. The van der Waals surface area contributed by atoms with Crippen molar-refractivity contribution in [2.24, 2.45) is 0 Å². The molecule has 7 heteroatoms. The Labute approximate surface area is 172 Å². The maximum Gasteiger partial charge on any atom is 0.252 e. The monoisotopic (exact) mass is 478 g/mol. The number of hydrogen-bond acceptors (Lipinski definition) is 4. The first-order valence-electron chi connectivity index (χ1n) is 9.06. The highest BCUT2D eigenvalue weighted by molar-refractivity contribution is 14.1. The maximum absolute atomic E-state index is 12.2. The lowest BCUT2D eigenvalue weighted by molar-refractivity contribution is -0.121. The van der Waals surface area contributed by atoms with Gasteiger partial charge in [-0.25, -0.2) is 0 Å². The van der Waals surface area contributed by atoms with Crippen LogP contribution in [-0.2, 0) is 11.3 Å². The molecule has 2 N–H and O–H groups in total. The van der Waals surface area contributed by atoms with Crippen molar-refractivity contribution >= 4 is 34.4 Å². The van der Waals surface area contributed by atoms with E-state index in [0.29, 0.717) is 5.56 Å². The van der Waals surface area contributed by atoms with Crippen molar-refractivity contribution in [1.29, 1.82) is 0 Å². The Morgan fingerprint density at radius 2 is 1.85 bits per heavy atom. The van der Waals surface area contributed by atoms with E-state index in [4.69, 9.17) is 0 Å². The van der Waals surface area contributed by atoms with Gasteiger partial charge >= 0.3 is 0 Å². The first kappa shape index (κ1) is 19.8. The van der Waals surface area contributed by atoms with Gasteiger partial charge in [-0.05, 0) is 59.7 Å². The molecular formula is C20H23IN4O2. The maximum atomic E-state index is 12.2. The second-order valence-corrected chi connectivity index (χ2v) is 7.76. The van der Waals surface area contributed by atoms with Crippen LogP contribution >= 0.6 is 22.6 Å². The number of hydrogen-bond donors (Lipinski definition) is 2. The number of halogens is 1. The molecule has 2 heterocycles. The summed E-state index contributed by atoms with van der Waals surface area (Å²) in [6, 6.07) is 13.4. The number of amides is 2. The molecular weight excluding hydrogens is 455 g/mol. The zero-order valence-electron chi connectivity index (χ0n) is 15.0. The first-order valence-corrected chi connectivity index (χ1v) is 10.1. The number of benzene rings is 1. The van der Waals surface area contributed by atoms with Gasteiger partial charge in [0.1, 0.15) is 0 Å². The molecule has 1 aliphatic rings. The minimum Gasteiger partial charge on any atom is -0.352 e. The Morgan fingerprint density at radius 1 is 1.11 bits per heavy atom. The van der Waals surface area contributed by atoms with E-state index in [1.165, 1.54) is 0 Å². The van der Waals surface area contributed by atoms with Gasteiger partial charge in [0.05, 0.1) is 17.8 Å². The quantitative estimate of drug-likeness (QED) is 0.625. The Kier molecular flexibility index (Phi) is 7.17. The molecule has 3 rings (SSSR count). The van der Waals surface area contributed by atoms with Gasteiger partial charge in [-0.1, -0.05) is 18.2 Å². The molecule has 27 heavy (non-hydrogen) atoms. The zero-order valence-corrected chi connectivity index (χ0v) is 17.2. The molecule has 0 radical (unpaired) electrons. The van der Waals surface area contributed by atoms with Crippen LogP contribution in [0.5, 0.6) is 0 Å². The van der Waals surface area contributed by atoms with Crippen LogP contribution in [0.4, 0.5) is 0 Å². The molecule has 1 saturated heterocycles. The fourth-order valence-electron chi connectivity index (χ4n) is 3.14. The van der Waals surface area contributed by atoms with Crippen LogP contribution in [0.2, 0.25) is 0 Å². The van der Waals surface area contributed by atoms with Crippen molar-refractivity contribution in [3.63, 3.8) is 0 Å². The molecule has 0 aliphatic carbocycles. The van der Waals surface area contributed by atoms with Crippen molar-refractivity contribution in [1.82, 2.24) is 20.5 Å². The summed E-state index contributed by atoms with van der Waals surface area (Å²) < 4.78 is 0.869. The Hall–Kier alpha value is -2.00. The third kappa shape index (κ3) is 6.00. The summed E-state index contributed by atoms with van der Waals surface area (Å²) in [7, 11) is 0. The fourth-order valence-corrected chi connectivity index (χ4v) is 3.77. The molecule has 1 aliphatic heterocycles. The molecule has 6 nitrogen and oxygen atoms in total. The number of aromatic nitrogens is 1. The number of likely N-dealkylation sites (tertiary alicyclic amines) is 1. The molecule has 0 saturated carbocycles. The van der Waals surface area contributed by atoms with Crippen LogP contribution in [0.1, 0.15) is 28.9 Å². The molecule has 142 valence electrons. The van der Waals surface area contributed by atoms with Crippen molar-refractivity contribution in [2.45, 2.75) is 25.4 Å². The number of pyridine rings is 1. The molecule has 0 atom stereocenters. The lowest BCUT2D eigenvalue weighted by Crippen LogP contribution is -2.47. The van der Waals surface area contributed by atoms with Gasteiger partial charge < -0.3 is 10.6 Å². The van der Waals surface area contributed by atoms with Gasteiger partial charge in [-0.2, -0.15) is 0 Å². The summed E-state index contributed by atoms with van der Waals surface area (Å²) in [5, 5.41) is 5.72. The van der Waals surface area contributed by atoms with Crippen LogP contribution in [0.25, 0.3) is 0 Å². The normalized spacial score (nSPS) is 15.3. The smallest absolute Gasteiger partial charge is 0.252 e. The van der Waals surface area contributed by atoms with Crippen LogP contribution < -0.4 is 10.6 Å². The molecule has 0 spiro atoms. The second-order valence-electron chi connectivity index (χ2n) is 6.60. The van der Waals surface area contributed by atoms with Gasteiger partial charge in [-0.15, -0.1) is 0 Å². The van der Waals surface area contributed by atoms with E-state index < -0.39 is 0 Å². The average Bonchev–Trinajstić information content (AvgIpc) is 2.69. The molecule has 1 aromatic carbocycles. The van der Waals surface area contributed by atoms with Crippen LogP contribution in [0.3, 0.4) is 0 Å². The number of piperidine rings is 1. The highest BCUT2D eigenvalue weighted by atomic mass is 127. The predicted molar refractivity (Wildman–Crippen MR) is 112 cm³/mol. The number of nitrogens with zero attached hydrogens (tertiary/aromatic N) is 2. The van der Waals surface area contributed by atoms with Gasteiger partial charge in [0.2, 0.25) is 5.91 Å². The van der Waals surface area contributed by atoms with Crippen molar-refractivity contribution in [2.75, 3.05) is 19.6 Å². The van der Waals surface area contributed by atoms with Gasteiger partial charge in [0, 0.05) is 35.4 Å². The summed E-state index contributed by atoms with van der Waals surface area (Å²) >= 11 is 2.12. The number of nitrogens with one attached hydrogen (secondary N) is 2. The van der Waals surface area contributed by atoms with Crippen molar-refractivity contribution < 1.29 is 9.59 Å². The number of rotatable bonds is 6. The number of carbonyl (C=O) groups excluding carboxylic acids is 2. The third-order valence-corrected chi connectivity index (χ3v) is 5.53. The lowest BCUT2D eigenvalue weighted by Gasteiger charge is -2.32. The molecule has 1 aromatic heterocycles. The molecule has 0 unspecified atom stereocenters. The third-order valence-electron chi connectivity index (χ3n) is 4.59. The van der Waals surface area contributed by atoms with Crippen molar-refractivity contribution in [3.8, 4) is 0 Å². The van der Waals surface area contributed by atoms with E-state index in [1.807, 2.05) is 42.6 Å². The first-order chi connectivity index (χ1) is 13.1. The Bertz CT molecular complexity index is 777. The molecule has 2 aromatic rings. The van der Waals surface area contributed by atoms with E-state index in [0.717, 1.165) is 41.7 Å². The van der Waals surface area contributed by atoms with Crippen molar-refractivity contribution in [3.05, 3.63) is 63.5 Å². The lowest BCUT2D eigenvalue weighted by atomic mass is 10.0. The molecule has 1 fully saturated rings. The van der Waals surface area contributed by atoms with Gasteiger partial charge in [-0.3, -0.25) is 19.5 Å². The second kappa shape index (κ2) is 9.80. The van der Waals surface area contributed by atoms with E-state index in [2.05, 4.69) is 43.1 Å². The fraction of sp³-hybridized carbons (Fsp3) is 0.350. The minimum absolute atomic E-state index is 0.00203. The standard InChI is InChI=1S/C20H23IN4O2/c21-18-7-2-1-6-17(18)20(27)23-13-19(26)24-15-8-11-25(12-9-15)14-16-5-3-4-10-22-16/h1-7,10,15H,8-9,11-14H2,(H,23,27)(H,24,26). The average molecular weight is 478 g/mol. The summed E-state index contributed by atoms with van der Waals surface area (Å²) in [4.78, 5) is 31.0. The van der Waals surface area contributed by atoms with Gasteiger partial charge in [0.25, 0.3) is 5.91 Å². The highest BCUT2D eigenvalue weighted by Gasteiger charge is 2.21. The Morgan fingerprint density at radius 3 is 2.56 bits per heavy atom. The van der Waals surface area contributed by atoms with E-state index in [1.54, 1.807) is 6.07 Å². The van der Waals surface area contributed by atoms with Crippen LogP contribution in [0, 0.1) is 3.57 Å². The summed E-state index contributed by atoms with van der Waals surface area (Å²) in [5.74, 6) is -0.363. The van der Waals surface area contributed by atoms with Crippen LogP contribution in [0.15, 0.2) is 48.7 Å². The molecule has 0 bridgehead atoms. The zero-order chi connectivity index (χ0) is 19.1. The van der Waals surface area contributed by atoms with Gasteiger partial charge in [0.15, 0.2) is 0 Å². The minimum atomic E-state index is -0.222. The predicted octanol–water partition coefficient (Wildman–Crippen LogP) is 2.20. The summed E-state index contributed by atoms with van der Waals surface area (Å²) in [6.07, 6.45) is 3.62. The molecule has 2 amide bonds. The summed E-state index contributed by atoms with van der Waals surface area (Å²) in [5.41, 5.74) is 1.66.